The molecule has 0 aliphatic rings. The van der Waals surface area contributed by atoms with Gasteiger partial charge in [0.15, 0.2) is 0 Å². The average molecular weight is 326 g/mol. The highest BCUT2D eigenvalue weighted by Crippen LogP contribution is 2.08. The van der Waals surface area contributed by atoms with Gasteiger partial charge in [0.05, 0.1) is 0 Å². The van der Waals surface area contributed by atoms with Crippen LogP contribution in [0.4, 0.5) is 0 Å². The first kappa shape index (κ1) is 18.5. The van der Waals surface area contributed by atoms with Crippen LogP contribution < -0.4 is 5.32 Å². The van der Waals surface area contributed by atoms with Crippen LogP contribution in [0, 0.1) is 5.92 Å². The van der Waals surface area contributed by atoms with E-state index in [2.05, 4.69) is 5.32 Å². The van der Waals surface area contributed by atoms with E-state index in [-0.39, 0.29) is 18.4 Å². The van der Waals surface area contributed by atoms with Gasteiger partial charge in [-0.05, 0) is 24.3 Å². The van der Waals surface area contributed by atoms with Crippen LogP contribution in [0.5, 0.6) is 0 Å². The largest absolute Gasteiger partial charge is 0.459 e. The minimum atomic E-state index is -0.618. The molecule has 1 amide bonds. The second-order valence-corrected chi connectivity index (χ2v) is 5.91. The highest BCUT2D eigenvalue weighted by atomic mass is 35.5. The van der Waals surface area contributed by atoms with Crippen molar-refractivity contribution in [3.8, 4) is 0 Å². The van der Waals surface area contributed by atoms with Crippen LogP contribution >= 0.6 is 11.6 Å². The lowest BCUT2D eigenvalue weighted by atomic mass is 10.0. The Bertz CT molecular complexity index is 462. The molecule has 1 atom stereocenters. The van der Waals surface area contributed by atoms with Crippen molar-refractivity contribution in [2.45, 2.75) is 45.8 Å². The second-order valence-electron chi connectivity index (χ2n) is 5.53. The highest BCUT2D eigenvalue weighted by Gasteiger charge is 2.25. The molecular weight excluding hydrogens is 302 g/mol. The van der Waals surface area contributed by atoms with Gasteiger partial charge in [-0.1, -0.05) is 44.2 Å². The lowest BCUT2D eigenvalue weighted by molar-refractivity contribution is -0.150. The number of rotatable bonds is 9. The maximum Gasteiger partial charge on any atom is 0.329 e. The highest BCUT2D eigenvalue weighted by molar-refractivity contribution is 6.17. The standard InChI is InChI=1S/C17H24ClNO3/c1-13(2)16(19-15(20)10-6-7-11-18)17(21)22-12-14-8-4-3-5-9-14/h3-5,8-9,13,16H,6-7,10-12H2,1-2H3,(H,19,20)/t16-/m0/s1. The molecule has 0 aliphatic heterocycles. The maximum atomic E-state index is 12.2. The summed E-state index contributed by atoms with van der Waals surface area (Å²) in [4.78, 5) is 24.0. The summed E-state index contributed by atoms with van der Waals surface area (Å²) in [6.45, 7) is 3.98. The fourth-order valence-electron chi connectivity index (χ4n) is 1.94. The average Bonchev–Trinajstić information content (AvgIpc) is 2.51. The van der Waals surface area contributed by atoms with Gasteiger partial charge >= 0.3 is 5.97 Å². The van der Waals surface area contributed by atoms with Gasteiger partial charge in [-0.15, -0.1) is 11.6 Å². The number of halogens is 1. The number of hydrogen-bond acceptors (Lipinski definition) is 3. The van der Waals surface area contributed by atoms with Gasteiger partial charge in [0.2, 0.25) is 5.91 Å². The third-order valence-electron chi connectivity index (χ3n) is 3.25. The molecule has 5 heteroatoms. The minimum Gasteiger partial charge on any atom is -0.459 e. The van der Waals surface area contributed by atoms with Gasteiger partial charge < -0.3 is 10.1 Å². The Hall–Kier alpha value is -1.55. The monoisotopic (exact) mass is 325 g/mol. The first-order valence-corrected chi connectivity index (χ1v) is 8.14. The summed E-state index contributed by atoms with van der Waals surface area (Å²) in [7, 11) is 0. The van der Waals surface area contributed by atoms with E-state index in [4.69, 9.17) is 16.3 Å². The van der Waals surface area contributed by atoms with Crippen molar-refractivity contribution >= 4 is 23.5 Å². The number of unbranched alkanes of at least 4 members (excludes halogenated alkanes) is 1. The fraction of sp³-hybridized carbons (Fsp3) is 0.529. The van der Waals surface area contributed by atoms with E-state index in [0.29, 0.717) is 12.3 Å². The van der Waals surface area contributed by atoms with Crippen LogP contribution in [0.25, 0.3) is 0 Å². The van der Waals surface area contributed by atoms with Crippen molar-refractivity contribution in [1.82, 2.24) is 5.32 Å². The van der Waals surface area contributed by atoms with Crippen molar-refractivity contribution in [2.24, 2.45) is 5.92 Å². The molecule has 122 valence electrons. The Kier molecular flexibility index (Phi) is 8.60. The summed E-state index contributed by atoms with van der Waals surface area (Å²) < 4.78 is 5.30. The molecule has 1 N–H and O–H groups in total. The Labute approximate surface area is 137 Å². The van der Waals surface area contributed by atoms with Gasteiger partial charge in [0, 0.05) is 12.3 Å². The fourth-order valence-corrected chi connectivity index (χ4v) is 2.13. The van der Waals surface area contributed by atoms with E-state index in [0.717, 1.165) is 18.4 Å². The third-order valence-corrected chi connectivity index (χ3v) is 3.52. The molecule has 0 bridgehead atoms. The van der Waals surface area contributed by atoms with Crippen LogP contribution in [0.15, 0.2) is 30.3 Å². The maximum absolute atomic E-state index is 12.2. The number of alkyl halides is 1. The van der Waals surface area contributed by atoms with Crippen molar-refractivity contribution in [3.05, 3.63) is 35.9 Å². The number of amides is 1. The van der Waals surface area contributed by atoms with E-state index in [9.17, 15) is 9.59 Å². The smallest absolute Gasteiger partial charge is 0.329 e. The summed E-state index contributed by atoms with van der Waals surface area (Å²) in [5.41, 5.74) is 0.923. The zero-order valence-corrected chi connectivity index (χ0v) is 13.9. The molecule has 22 heavy (non-hydrogen) atoms. The molecule has 0 saturated heterocycles. The van der Waals surface area contributed by atoms with Crippen LogP contribution in [0.2, 0.25) is 0 Å². The molecule has 0 heterocycles. The molecule has 0 aromatic heterocycles. The number of carbonyl (C=O) groups excluding carboxylic acids is 2. The number of nitrogens with one attached hydrogen (secondary N) is 1. The molecule has 0 spiro atoms. The van der Waals surface area contributed by atoms with E-state index < -0.39 is 12.0 Å². The quantitative estimate of drug-likeness (QED) is 0.430. The predicted molar refractivity (Wildman–Crippen MR) is 87.6 cm³/mol. The molecule has 0 fully saturated rings. The molecule has 1 rings (SSSR count). The third kappa shape index (κ3) is 6.94. The number of hydrogen-bond donors (Lipinski definition) is 1. The van der Waals surface area contributed by atoms with Crippen molar-refractivity contribution in [3.63, 3.8) is 0 Å². The molecule has 1 aromatic rings. The van der Waals surface area contributed by atoms with Gasteiger partial charge in [-0.2, -0.15) is 0 Å². The normalized spacial score (nSPS) is 12.0. The van der Waals surface area contributed by atoms with Gasteiger partial charge in [0.25, 0.3) is 0 Å². The SMILES string of the molecule is CC(C)[C@H](NC(=O)CCCCCl)C(=O)OCc1ccccc1. The van der Waals surface area contributed by atoms with Crippen molar-refractivity contribution in [2.75, 3.05) is 5.88 Å². The zero-order chi connectivity index (χ0) is 16.4. The van der Waals surface area contributed by atoms with Crippen LogP contribution in [0.3, 0.4) is 0 Å². The van der Waals surface area contributed by atoms with Crippen LogP contribution in [0.1, 0.15) is 38.7 Å². The van der Waals surface area contributed by atoms with E-state index >= 15 is 0 Å². The molecule has 4 nitrogen and oxygen atoms in total. The topological polar surface area (TPSA) is 55.4 Å². The molecule has 0 saturated carbocycles. The summed E-state index contributed by atoms with van der Waals surface area (Å²) in [5, 5.41) is 2.75. The molecule has 0 unspecified atom stereocenters. The van der Waals surface area contributed by atoms with E-state index in [1.165, 1.54) is 0 Å². The van der Waals surface area contributed by atoms with E-state index in [1.807, 2.05) is 44.2 Å². The first-order valence-electron chi connectivity index (χ1n) is 7.60. The Morgan fingerprint density at radius 3 is 2.45 bits per heavy atom. The lowest BCUT2D eigenvalue weighted by Gasteiger charge is -2.21. The predicted octanol–water partition coefficient (Wildman–Crippen LogP) is 3.28. The van der Waals surface area contributed by atoms with Crippen LogP contribution in [-0.4, -0.2) is 23.8 Å². The molecule has 1 aromatic carbocycles. The van der Waals surface area contributed by atoms with Crippen LogP contribution in [-0.2, 0) is 20.9 Å². The summed E-state index contributed by atoms with van der Waals surface area (Å²) >= 11 is 5.59. The number of carbonyl (C=O) groups is 2. The van der Waals surface area contributed by atoms with Gasteiger partial charge in [0.1, 0.15) is 12.6 Å². The Balaban J connectivity index is 2.47. The first-order chi connectivity index (χ1) is 10.5. The van der Waals surface area contributed by atoms with E-state index in [1.54, 1.807) is 0 Å². The summed E-state index contributed by atoms with van der Waals surface area (Å²) in [5.74, 6) is -0.0229. The Morgan fingerprint density at radius 2 is 1.86 bits per heavy atom. The number of esters is 1. The minimum absolute atomic E-state index is 0.0275. The summed E-state index contributed by atoms with van der Waals surface area (Å²) in [6.07, 6.45) is 1.89. The van der Waals surface area contributed by atoms with Crippen molar-refractivity contribution < 1.29 is 14.3 Å². The number of ether oxygens (including phenoxy) is 1. The summed E-state index contributed by atoms with van der Waals surface area (Å²) in [6, 6.07) is 8.85. The molecular formula is C17H24ClNO3. The molecule has 0 radical (unpaired) electrons. The number of benzene rings is 1. The van der Waals surface area contributed by atoms with Gasteiger partial charge in [-0.25, -0.2) is 4.79 Å². The van der Waals surface area contributed by atoms with Crippen molar-refractivity contribution in [1.29, 1.82) is 0 Å². The second kappa shape index (κ2) is 10.2. The van der Waals surface area contributed by atoms with Gasteiger partial charge in [-0.3, -0.25) is 4.79 Å². The Morgan fingerprint density at radius 1 is 1.18 bits per heavy atom. The lowest BCUT2D eigenvalue weighted by Crippen LogP contribution is -2.45. The zero-order valence-electron chi connectivity index (χ0n) is 13.2. The molecule has 0 aliphatic carbocycles.